The van der Waals surface area contributed by atoms with Crippen molar-refractivity contribution >= 4 is 40.7 Å². The lowest BCUT2D eigenvalue weighted by Gasteiger charge is -2.12. The minimum Gasteiger partial charge on any atom is -0.462 e. The molecule has 0 spiro atoms. The number of esters is 1. The van der Waals surface area contributed by atoms with Crippen LogP contribution in [0.25, 0.3) is 0 Å². The minimum atomic E-state index is -0.419. The fourth-order valence-electron chi connectivity index (χ4n) is 2.38. The van der Waals surface area contributed by atoms with Gasteiger partial charge in [0.2, 0.25) is 5.95 Å². The van der Waals surface area contributed by atoms with E-state index in [1.807, 2.05) is 25.1 Å². The molecule has 0 aliphatic heterocycles. The second-order valence-corrected chi connectivity index (χ2v) is 6.08. The van der Waals surface area contributed by atoms with Crippen molar-refractivity contribution in [3.63, 3.8) is 0 Å². The molecule has 27 heavy (non-hydrogen) atoms. The molecule has 0 atom stereocenters. The van der Waals surface area contributed by atoms with Gasteiger partial charge in [-0.25, -0.2) is 4.79 Å². The molecule has 0 unspecified atom stereocenters. The number of anilines is 4. The van der Waals surface area contributed by atoms with Gasteiger partial charge in [0.1, 0.15) is 0 Å². The number of hydrogen-bond acceptors (Lipinski definition) is 7. The monoisotopic (exact) mass is 383 g/mol. The number of carbonyl (C=O) groups excluding carboxylic acids is 1. The molecule has 0 saturated heterocycles. The number of rotatable bonds is 6. The topological polar surface area (TPSA) is 89.0 Å². The SMILES string of the molecule is CCOC(=O)c1ccccc1Nc1nncc(Nc2cc(Cl)ccc2C)n1. The Hall–Kier alpha value is -3.19. The number of halogens is 1. The van der Waals surface area contributed by atoms with Crippen molar-refractivity contribution in [1.29, 1.82) is 0 Å². The molecule has 0 bridgehead atoms. The van der Waals surface area contributed by atoms with Gasteiger partial charge in [0.25, 0.3) is 0 Å². The highest BCUT2D eigenvalue weighted by molar-refractivity contribution is 6.30. The molecule has 1 aromatic heterocycles. The van der Waals surface area contributed by atoms with Crippen molar-refractivity contribution in [3.8, 4) is 0 Å². The third kappa shape index (κ3) is 4.71. The molecular formula is C19H18ClN5O2. The smallest absolute Gasteiger partial charge is 0.340 e. The Labute approximate surface area is 161 Å². The van der Waals surface area contributed by atoms with Crippen LogP contribution in [0.5, 0.6) is 0 Å². The van der Waals surface area contributed by atoms with E-state index in [1.165, 1.54) is 6.20 Å². The Balaban J connectivity index is 1.83. The van der Waals surface area contributed by atoms with Crippen LogP contribution in [0.15, 0.2) is 48.7 Å². The molecular weight excluding hydrogens is 366 g/mol. The summed E-state index contributed by atoms with van der Waals surface area (Å²) < 4.78 is 5.07. The van der Waals surface area contributed by atoms with Gasteiger partial charge in [0.05, 0.1) is 24.1 Å². The maximum Gasteiger partial charge on any atom is 0.340 e. The van der Waals surface area contributed by atoms with Crippen LogP contribution in [0.2, 0.25) is 5.02 Å². The Bertz CT molecular complexity index is 964. The zero-order valence-corrected chi connectivity index (χ0v) is 15.6. The maximum atomic E-state index is 12.1. The fourth-order valence-corrected chi connectivity index (χ4v) is 2.56. The van der Waals surface area contributed by atoms with E-state index in [0.29, 0.717) is 28.7 Å². The predicted molar refractivity (Wildman–Crippen MR) is 105 cm³/mol. The molecule has 2 N–H and O–H groups in total. The molecule has 0 fully saturated rings. The van der Waals surface area contributed by atoms with E-state index in [2.05, 4.69) is 25.8 Å². The molecule has 8 heteroatoms. The summed E-state index contributed by atoms with van der Waals surface area (Å²) in [5.41, 5.74) is 2.77. The molecule has 7 nitrogen and oxygen atoms in total. The number of hydrogen-bond donors (Lipinski definition) is 2. The molecule has 3 aromatic rings. The van der Waals surface area contributed by atoms with E-state index in [4.69, 9.17) is 16.3 Å². The van der Waals surface area contributed by atoms with Crippen LogP contribution in [0, 0.1) is 6.92 Å². The Morgan fingerprint density at radius 3 is 2.78 bits per heavy atom. The first-order valence-electron chi connectivity index (χ1n) is 8.33. The standard InChI is InChI=1S/C19H18ClN5O2/c1-3-27-18(26)14-6-4-5-7-15(14)23-19-24-17(11-21-25-19)22-16-10-13(20)9-8-12(16)2/h4-11H,3H2,1-2H3,(H2,22,23,24,25). The highest BCUT2D eigenvalue weighted by Gasteiger charge is 2.13. The number of para-hydroxylation sites is 1. The molecule has 0 saturated carbocycles. The normalized spacial score (nSPS) is 10.3. The molecule has 0 radical (unpaired) electrons. The second-order valence-electron chi connectivity index (χ2n) is 5.64. The van der Waals surface area contributed by atoms with E-state index in [-0.39, 0.29) is 5.95 Å². The van der Waals surface area contributed by atoms with Gasteiger partial charge in [-0.3, -0.25) is 0 Å². The number of nitrogens with zero attached hydrogens (tertiary/aromatic N) is 3. The summed E-state index contributed by atoms with van der Waals surface area (Å²) in [6, 6.07) is 12.5. The van der Waals surface area contributed by atoms with Gasteiger partial charge in [0, 0.05) is 10.7 Å². The van der Waals surface area contributed by atoms with Gasteiger partial charge in [0.15, 0.2) is 5.82 Å². The molecule has 1 heterocycles. The lowest BCUT2D eigenvalue weighted by Crippen LogP contribution is -2.09. The van der Waals surface area contributed by atoms with Crippen molar-refractivity contribution < 1.29 is 9.53 Å². The average Bonchev–Trinajstić information content (AvgIpc) is 2.66. The number of aromatic nitrogens is 3. The first-order chi connectivity index (χ1) is 13.1. The van der Waals surface area contributed by atoms with Crippen LogP contribution >= 0.6 is 11.6 Å². The first-order valence-corrected chi connectivity index (χ1v) is 8.70. The van der Waals surface area contributed by atoms with Crippen LogP contribution in [0.1, 0.15) is 22.8 Å². The molecule has 0 aliphatic rings. The Morgan fingerprint density at radius 2 is 1.96 bits per heavy atom. The van der Waals surface area contributed by atoms with Gasteiger partial charge in [-0.2, -0.15) is 10.1 Å². The third-order valence-electron chi connectivity index (χ3n) is 3.69. The van der Waals surface area contributed by atoms with E-state index in [1.54, 1.807) is 31.2 Å². The summed E-state index contributed by atoms with van der Waals surface area (Å²) in [5, 5.41) is 14.7. The van der Waals surface area contributed by atoms with Crippen molar-refractivity contribution in [1.82, 2.24) is 15.2 Å². The number of ether oxygens (including phenoxy) is 1. The van der Waals surface area contributed by atoms with Gasteiger partial charge < -0.3 is 15.4 Å². The van der Waals surface area contributed by atoms with E-state index in [9.17, 15) is 4.79 Å². The maximum absolute atomic E-state index is 12.1. The van der Waals surface area contributed by atoms with Crippen molar-refractivity contribution in [2.24, 2.45) is 0 Å². The van der Waals surface area contributed by atoms with Gasteiger partial charge in [-0.15, -0.1) is 5.10 Å². The first kappa shape index (κ1) is 18.6. The van der Waals surface area contributed by atoms with Crippen molar-refractivity contribution in [3.05, 3.63) is 64.8 Å². The lowest BCUT2D eigenvalue weighted by atomic mass is 10.2. The molecule has 138 valence electrons. The van der Waals surface area contributed by atoms with Crippen molar-refractivity contribution in [2.45, 2.75) is 13.8 Å². The van der Waals surface area contributed by atoms with Gasteiger partial charge in [-0.1, -0.05) is 29.8 Å². The molecule has 2 aromatic carbocycles. The summed E-state index contributed by atoms with van der Waals surface area (Å²) in [6.45, 7) is 4.01. The minimum absolute atomic E-state index is 0.247. The zero-order valence-electron chi connectivity index (χ0n) is 14.9. The number of aryl methyl sites for hydroxylation is 1. The van der Waals surface area contributed by atoms with E-state index in [0.717, 1.165) is 11.3 Å². The number of benzene rings is 2. The average molecular weight is 384 g/mol. The Kier molecular flexibility index (Phi) is 5.83. The molecule has 3 rings (SSSR count). The van der Waals surface area contributed by atoms with Gasteiger partial charge in [-0.05, 0) is 43.7 Å². The highest BCUT2D eigenvalue weighted by atomic mass is 35.5. The van der Waals surface area contributed by atoms with E-state index >= 15 is 0 Å². The largest absolute Gasteiger partial charge is 0.462 e. The van der Waals surface area contributed by atoms with Gasteiger partial charge >= 0.3 is 5.97 Å². The summed E-state index contributed by atoms with van der Waals surface area (Å²) in [4.78, 5) is 16.5. The van der Waals surface area contributed by atoms with Crippen LogP contribution in [0.3, 0.4) is 0 Å². The molecule has 0 aliphatic carbocycles. The van der Waals surface area contributed by atoms with Crippen LogP contribution in [0.4, 0.5) is 23.1 Å². The predicted octanol–water partition coefficient (Wildman–Crippen LogP) is 4.50. The van der Waals surface area contributed by atoms with Crippen LogP contribution in [-0.4, -0.2) is 27.8 Å². The molecule has 0 amide bonds. The fraction of sp³-hybridized carbons (Fsp3) is 0.158. The lowest BCUT2D eigenvalue weighted by molar-refractivity contribution is 0.0527. The second kappa shape index (κ2) is 8.46. The number of nitrogens with one attached hydrogen (secondary N) is 2. The highest BCUT2D eigenvalue weighted by Crippen LogP contribution is 2.24. The summed E-state index contributed by atoms with van der Waals surface area (Å²) in [5.74, 6) is 0.320. The summed E-state index contributed by atoms with van der Waals surface area (Å²) in [6.07, 6.45) is 1.50. The van der Waals surface area contributed by atoms with Crippen molar-refractivity contribution in [2.75, 3.05) is 17.2 Å². The van der Waals surface area contributed by atoms with Crippen LogP contribution < -0.4 is 10.6 Å². The third-order valence-corrected chi connectivity index (χ3v) is 3.93. The summed E-state index contributed by atoms with van der Waals surface area (Å²) >= 11 is 6.05. The quantitative estimate of drug-likeness (QED) is 0.606. The summed E-state index contributed by atoms with van der Waals surface area (Å²) in [7, 11) is 0. The Morgan fingerprint density at radius 1 is 1.15 bits per heavy atom. The zero-order chi connectivity index (χ0) is 19.2. The van der Waals surface area contributed by atoms with Crippen LogP contribution in [-0.2, 0) is 4.74 Å². The van der Waals surface area contributed by atoms with E-state index < -0.39 is 5.97 Å². The number of carbonyl (C=O) groups is 1.